The van der Waals surface area contributed by atoms with Gasteiger partial charge in [0, 0.05) is 6.92 Å². The van der Waals surface area contributed by atoms with Crippen LogP contribution >= 0.6 is 0 Å². The third kappa shape index (κ3) is 7.94. The summed E-state index contributed by atoms with van der Waals surface area (Å²) < 4.78 is 288. The van der Waals surface area contributed by atoms with Gasteiger partial charge in [0.25, 0.3) is 0 Å². The average Bonchev–Trinajstić information content (AvgIpc) is 3.00. The molecule has 0 spiro atoms. The van der Waals surface area contributed by atoms with Crippen molar-refractivity contribution in [1.82, 2.24) is 0 Å². The van der Waals surface area contributed by atoms with Crippen LogP contribution in [0.2, 0.25) is 0 Å². The van der Waals surface area contributed by atoms with Gasteiger partial charge in [-0.1, -0.05) is 24.3 Å². The van der Waals surface area contributed by atoms with Gasteiger partial charge in [-0.15, -0.1) is 15.3 Å². The monoisotopic (exact) mass is 860 g/mol. The predicted octanol–water partition coefficient (Wildman–Crippen LogP) is 8.12. The van der Waals surface area contributed by atoms with Crippen molar-refractivity contribution in [2.75, 3.05) is 14.9 Å². The number of halogens is 18. The van der Waals surface area contributed by atoms with Crippen molar-refractivity contribution in [3.63, 3.8) is 0 Å². The van der Waals surface area contributed by atoms with E-state index in [0.29, 0.717) is 40.6 Å². The fourth-order valence-electron chi connectivity index (χ4n) is 3.18. The Bertz CT molecular complexity index is 2020. The molecular formula is C23H14F18N6O5S2. The molecule has 0 amide bonds. The molecule has 0 aliphatic carbocycles. The van der Waals surface area contributed by atoms with E-state index in [-0.39, 0.29) is 0 Å². The summed E-state index contributed by atoms with van der Waals surface area (Å²) in [6.07, 6.45) is -14.8. The molecule has 304 valence electrons. The lowest BCUT2D eigenvalue weighted by molar-refractivity contribution is -0.382. The van der Waals surface area contributed by atoms with Crippen molar-refractivity contribution in [1.29, 1.82) is 0 Å². The number of alkyl halides is 18. The van der Waals surface area contributed by atoms with E-state index in [0.717, 1.165) is 24.3 Å². The highest BCUT2D eigenvalue weighted by Gasteiger charge is 2.86. The van der Waals surface area contributed by atoms with Gasteiger partial charge < -0.3 is 0 Å². The number of hydrazone groups is 1. The number of nitrogens with one attached hydrogen (secondary N) is 3. The van der Waals surface area contributed by atoms with Gasteiger partial charge in [-0.25, -0.2) is 0 Å². The molecule has 0 aromatic heterocycles. The zero-order valence-corrected chi connectivity index (χ0v) is 26.8. The number of ketones is 1. The van der Waals surface area contributed by atoms with Crippen LogP contribution in [0.5, 0.6) is 0 Å². The fraction of sp³-hybridized carbons (Fsp3) is 0.391. The molecule has 0 heterocycles. The van der Waals surface area contributed by atoms with Crippen molar-refractivity contribution in [2.24, 2.45) is 15.3 Å². The second kappa shape index (κ2) is 14.2. The van der Waals surface area contributed by atoms with Crippen LogP contribution in [0.15, 0.2) is 63.9 Å². The average molecular weight is 861 g/mol. The number of carbonyl (C=O) groups excluding carboxylic acids is 1. The number of azo groups is 1. The molecular weight excluding hydrogens is 846 g/mol. The van der Waals surface area contributed by atoms with Gasteiger partial charge in [-0.2, -0.15) is 95.9 Å². The summed E-state index contributed by atoms with van der Waals surface area (Å²) >= 11 is 0. The maximum atomic E-state index is 14.2. The van der Waals surface area contributed by atoms with Gasteiger partial charge >= 0.3 is 66.6 Å². The van der Waals surface area contributed by atoms with Gasteiger partial charge in [0.1, 0.15) is 5.69 Å². The summed E-state index contributed by atoms with van der Waals surface area (Å²) in [5.74, 6) is -33.2. The van der Waals surface area contributed by atoms with E-state index in [4.69, 9.17) is 0 Å². The van der Waals surface area contributed by atoms with Crippen molar-refractivity contribution in [2.45, 2.75) is 53.5 Å². The number of carbonyl (C=O) groups is 1. The van der Waals surface area contributed by atoms with E-state index in [1.165, 1.54) is 0 Å². The Labute approximate surface area is 287 Å². The third-order valence-electron chi connectivity index (χ3n) is 6.08. The van der Waals surface area contributed by atoms with Gasteiger partial charge in [0.15, 0.2) is 0 Å². The first-order valence-corrected chi connectivity index (χ1v) is 15.8. The third-order valence-corrected chi connectivity index (χ3v) is 8.92. The van der Waals surface area contributed by atoms with E-state index in [2.05, 4.69) is 15.3 Å². The van der Waals surface area contributed by atoms with E-state index in [1.54, 1.807) is 5.43 Å². The van der Waals surface area contributed by atoms with Crippen LogP contribution < -0.4 is 14.9 Å². The van der Waals surface area contributed by atoms with Crippen molar-refractivity contribution in [3.05, 3.63) is 48.5 Å². The first-order chi connectivity index (χ1) is 23.9. The number of amidine groups is 1. The molecule has 31 heteroatoms. The lowest BCUT2D eigenvalue weighted by atomic mass is 10.1. The van der Waals surface area contributed by atoms with E-state index >= 15 is 0 Å². The summed E-state index contributed by atoms with van der Waals surface area (Å²) in [4.78, 5) is 12.0. The van der Waals surface area contributed by atoms with E-state index in [1.807, 2.05) is 0 Å². The number of sulfonamides is 2. The second-order valence-corrected chi connectivity index (χ2v) is 13.4. The Morgan fingerprint density at radius 1 is 0.537 bits per heavy atom. The van der Waals surface area contributed by atoms with Crippen LogP contribution in [0.1, 0.15) is 6.92 Å². The minimum absolute atomic E-state index is 0.372. The van der Waals surface area contributed by atoms with Crippen LogP contribution in [0.3, 0.4) is 0 Å². The molecule has 54 heavy (non-hydrogen) atoms. The maximum Gasteiger partial charge on any atom is 0.460 e. The standard InChI is InChI=1S/C23H14F18N6O5S2/c1-10(48)15(44-42-11-6-2-4-8-13(11)46-53(49,50)22(38,39)18(28,29)16(24,25)20(32,33)34)45-43-12-7-3-5-9-14(12)47-54(51,52)23(40,41)19(30,31)17(26,27)21(35,36)37/h2-9,42,46-47H,1H3/b44-15-,45-43?. The lowest BCUT2D eigenvalue weighted by Crippen LogP contribution is -2.64. The van der Waals surface area contributed by atoms with Gasteiger partial charge in [-0.3, -0.25) is 19.7 Å². The predicted molar refractivity (Wildman–Crippen MR) is 146 cm³/mol. The highest BCUT2D eigenvalue weighted by molar-refractivity contribution is 7.94. The molecule has 0 radical (unpaired) electrons. The number of para-hydroxylation sites is 3. The maximum absolute atomic E-state index is 14.2. The van der Waals surface area contributed by atoms with Crippen LogP contribution in [0.4, 0.5) is 102 Å². The molecule has 0 fully saturated rings. The molecule has 0 atom stereocenters. The number of hydrogen-bond acceptors (Lipinski definition) is 8. The number of nitrogens with zero attached hydrogens (tertiary/aromatic N) is 3. The zero-order valence-electron chi connectivity index (χ0n) is 25.1. The molecule has 0 aliphatic heterocycles. The van der Waals surface area contributed by atoms with Crippen molar-refractivity contribution < 1.29 is 101 Å². The van der Waals surface area contributed by atoms with E-state index in [9.17, 15) is 101 Å². The highest BCUT2D eigenvalue weighted by atomic mass is 32.2. The molecule has 11 nitrogen and oxygen atoms in total. The van der Waals surface area contributed by atoms with E-state index < -0.39 is 101 Å². The first-order valence-electron chi connectivity index (χ1n) is 12.8. The van der Waals surface area contributed by atoms with Crippen LogP contribution in [0.25, 0.3) is 0 Å². The molecule has 2 rings (SSSR count). The van der Waals surface area contributed by atoms with Gasteiger partial charge in [0.05, 0.1) is 17.1 Å². The topological polar surface area (TPSA) is 159 Å². The largest absolute Gasteiger partial charge is 0.460 e. The molecule has 0 unspecified atom stereocenters. The van der Waals surface area contributed by atoms with Crippen molar-refractivity contribution >= 4 is 54.4 Å². The van der Waals surface area contributed by atoms with Crippen molar-refractivity contribution in [3.8, 4) is 0 Å². The highest BCUT2D eigenvalue weighted by Crippen LogP contribution is 2.56. The number of anilines is 3. The van der Waals surface area contributed by atoms with Gasteiger partial charge in [-0.05, 0) is 24.3 Å². The SMILES string of the molecule is CC(=O)/C(N=Nc1ccccc1NS(=O)(=O)C(F)(F)C(F)(F)C(F)(F)C(F)(F)F)=N/Nc1ccccc1NS(=O)(=O)C(F)(F)C(F)(F)C(F)(F)C(F)(F)F. The molecule has 0 bridgehead atoms. The smallest absolute Gasteiger partial charge is 0.291 e. The Hall–Kier alpha value is -4.58. The van der Waals surface area contributed by atoms with Crippen LogP contribution in [0, 0.1) is 0 Å². The summed E-state index contributed by atoms with van der Waals surface area (Å²) in [7, 11) is -14.5. The molecule has 0 saturated carbocycles. The summed E-state index contributed by atoms with van der Waals surface area (Å²) in [5.41, 5.74) is -3.19. The summed E-state index contributed by atoms with van der Waals surface area (Å²) in [5, 5.41) is -5.03. The molecule has 0 aliphatic rings. The zero-order chi connectivity index (χ0) is 42.4. The number of rotatable bonds is 14. The lowest BCUT2D eigenvalue weighted by Gasteiger charge is -2.33. The quantitative estimate of drug-likeness (QED) is 0.0573. The Morgan fingerprint density at radius 3 is 1.28 bits per heavy atom. The molecule has 2 aromatic rings. The summed E-state index contributed by atoms with van der Waals surface area (Å²) in [6, 6.07) is 5.13. The number of hydrogen-bond donors (Lipinski definition) is 3. The first kappa shape index (κ1) is 45.6. The van der Waals surface area contributed by atoms with Crippen LogP contribution in [-0.2, 0) is 24.8 Å². The minimum Gasteiger partial charge on any atom is -0.291 e. The second-order valence-electron chi connectivity index (χ2n) is 9.90. The normalized spacial score (nSPS) is 15.0. The molecule has 0 saturated heterocycles. The molecule has 3 N–H and O–H groups in total. The van der Waals surface area contributed by atoms with Crippen LogP contribution in [-0.4, -0.2) is 75.0 Å². The number of Topliss-reactive ketones (excluding diaryl/α,β-unsaturated/α-hetero) is 1. The summed E-state index contributed by atoms with van der Waals surface area (Å²) in [6.45, 7) is 0.579. The Morgan fingerprint density at radius 2 is 0.889 bits per heavy atom. The number of benzene rings is 2. The Kier molecular flexibility index (Phi) is 12.0. The van der Waals surface area contributed by atoms with Gasteiger partial charge in [0.2, 0.25) is 11.6 Å². The minimum atomic E-state index is -7.64. The fourth-order valence-corrected chi connectivity index (χ4v) is 5.30. The molecule has 2 aromatic carbocycles. The Balaban J connectivity index is 2.50.